The molecule has 0 atom stereocenters. The molecule has 0 aromatic rings. The van der Waals surface area contributed by atoms with Crippen LogP contribution < -0.4 is 0 Å². The zero-order valence-corrected chi connectivity index (χ0v) is 8.56. The van der Waals surface area contributed by atoms with Crippen molar-refractivity contribution in [2.75, 3.05) is 13.2 Å². The lowest BCUT2D eigenvalue weighted by Crippen LogP contribution is -2.11. The number of carbonyl (C=O) groups excluding carboxylic acids is 1. The molecule has 2 N–H and O–H groups in total. The molecule has 0 aromatic carbocycles. The summed E-state index contributed by atoms with van der Waals surface area (Å²) in [7, 11) is 0. The van der Waals surface area contributed by atoms with Gasteiger partial charge in [0.25, 0.3) is 0 Å². The van der Waals surface area contributed by atoms with Crippen molar-refractivity contribution in [3.05, 3.63) is 11.3 Å². The molecule has 0 spiro atoms. The van der Waals surface area contributed by atoms with E-state index in [0.29, 0.717) is 0 Å². The van der Waals surface area contributed by atoms with Gasteiger partial charge in [0, 0.05) is 6.21 Å². The summed E-state index contributed by atoms with van der Waals surface area (Å²) in [5, 5.41) is 17.4. The van der Waals surface area contributed by atoms with Crippen molar-refractivity contribution in [3.8, 4) is 0 Å². The van der Waals surface area contributed by atoms with Crippen LogP contribution >= 0.6 is 0 Å². The van der Waals surface area contributed by atoms with Crippen LogP contribution in [0.2, 0.25) is 0 Å². The molecule has 0 aromatic heterocycles. The molecule has 0 saturated carbocycles. The Morgan fingerprint density at radius 2 is 2.00 bits per heavy atom. The number of rotatable bonds is 5. The third-order valence-corrected chi connectivity index (χ3v) is 1.33. The first-order chi connectivity index (χ1) is 6.99. The highest BCUT2D eigenvalue weighted by Gasteiger charge is 2.11. The van der Waals surface area contributed by atoms with Gasteiger partial charge >= 0.3 is 11.9 Å². The molecule has 0 aliphatic heterocycles. The Morgan fingerprint density at radius 3 is 2.40 bits per heavy atom. The van der Waals surface area contributed by atoms with E-state index < -0.39 is 18.5 Å². The molecule has 0 unspecified atom stereocenters. The number of allylic oxidation sites excluding steroid dienone is 1. The molecule has 0 heterocycles. The SMILES string of the molecule is CCOC(=O)/C(C=NCC(=O)O)=C(/C)O. The van der Waals surface area contributed by atoms with Crippen LogP contribution in [-0.2, 0) is 14.3 Å². The topological polar surface area (TPSA) is 96.2 Å². The van der Waals surface area contributed by atoms with Crippen LogP contribution in [0.25, 0.3) is 0 Å². The third-order valence-electron chi connectivity index (χ3n) is 1.33. The maximum Gasteiger partial charge on any atom is 0.343 e. The predicted octanol–water partition coefficient (Wildman–Crippen LogP) is 0.537. The maximum atomic E-state index is 11.2. The summed E-state index contributed by atoms with van der Waals surface area (Å²) in [4.78, 5) is 24.8. The normalized spacial score (nSPS) is 12.4. The fourth-order valence-electron chi connectivity index (χ4n) is 0.718. The molecule has 0 aliphatic carbocycles. The Kier molecular flexibility index (Phi) is 5.77. The number of aliphatic imine (C=N–C) groups is 1. The van der Waals surface area contributed by atoms with Gasteiger partial charge in [-0.05, 0) is 13.8 Å². The number of aliphatic carboxylic acids is 1. The summed E-state index contributed by atoms with van der Waals surface area (Å²) >= 11 is 0. The zero-order chi connectivity index (χ0) is 11.8. The molecule has 84 valence electrons. The van der Waals surface area contributed by atoms with Crippen molar-refractivity contribution in [2.45, 2.75) is 13.8 Å². The number of aliphatic hydroxyl groups excluding tert-OH is 1. The van der Waals surface area contributed by atoms with Gasteiger partial charge in [0.1, 0.15) is 17.9 Å². The summed E-state index contributed by atoms with van der Waals surface area (Å²) in [6.07, 6.45) is 0.988. The number of hydrogen-bond donors (Lipinski definition) is 2. The summed E-state index contributed by atoms with van der Waals surface area (Å²) in [5.74, 6) is -2.11. The van der Waals surface area contributed by atoms with Gasteiger partial charge in [0.05, 0.1) is 6.61 Å². The van der Waals surface area contributed by atoms with Crippen LogP contribution in [0.3, 0.4) is 0 Å². The molecule has 15 heavy (non-hydrogen) atoms. The molecule has 6 heteroatoms. The lowest BCUT2D eigenvalue weighted by Gasteiger charge is -2.02. The lowest BCUT2D eigenvalue weighted by molar-refractivity contribution is -0.138. The van der Waals surface area contributed by atoms with Gasteiger partial charge in [0.2, 0.25) is 0 Å². The number of aliphatic hydroxyl groups is 1. The fraction of sp³-hybridized carbons (Fsp3) is 0.444. The highest BCUT2D eigenvalue weighted by atomic mass is 16.5. The Balaban J connectivity index is 4.57. The van der Waals surface area contributed by atoms with Gasteiger partial charge in [-0.15, -0.1) is 0 Å². The highest BCUT2D eigenvalue weighted by Crippen LogP contribution is 2.01. The summed E-state index contributed by atoms with van der Waals surface area (Å²) in [6.45, 7) is 2.62. The first-order valence-corrected chi connectivity index (χ1v) is 4.27. The monoisotopic (exact) mass is 215 g/mol. The van der Waals surface area contributed by atoms with Gasteiger partial charge in [-0.3, -0.25) is 9.79 Å². The molecule has 0 aliphatic rings. The van der Waals surface area contributed by atoms with E-state index in [0.717, 1.165) is 6.21 Å². The van der Waals surface area contributed by atoms with Crippen LogP contribution in [0, 0.1) is 0 Å². The molecule has 6 nitrogen and oxygen atoms in total. The average molecular weight is 215 g/mol. The van der Waals surface area contributed by atoms with Gasteiger partial charge < -0.3 is 14.9 Å². The predicted molar refractivity (Wildman–Crippen MR) is 53.0 cm³/mol. The average Bonchev–Trinajstić information content (AvgIpc) is 2.11. The number of hydrogen-bond acceptors (Lipinski definition) is 5. The maximum absolute atomic E-state index is 11.2. The van der Waals surface area contributed by atoms with Gasteiger partial charge in [-0.25, -0.2) is 4.79 Å². The van der Waals surface area contributed by atoms with Crippen LogP contribution in [-0.4, -0.2) is 41.5 Å². The van der Waals surface area contributed by atoms with E-state index in [9.17, 15) is 9.59 Å². The second-order valence-electron chi connectivity index (χ2n) is 2.58. The number of carboxylic acids is 1. The van der Waals surface area contributed by atoms with E-state index in [1.807, 2.05) is 0 Å². The van der Waals surface area contributed by atoms with E-state index in [2.05, 4.69) is 9.73 Å². The molecule has 0 saturated heterocycles. The number of esters is 1. The molecule has 0 bridgehead atoms. The largest absolute Gasteiger partial charge is 0.512 e. The smallest absolute Gasteiger partial charge is 0.343 e. The lowest BCUT2D eigenvalue weighted by atomic mass is 10.2. The molecular formula is C9H13NO5. The second kappa shape index (κ2) is 6.58. The molecular weight excluding hydrogens is 202 g/mol. The number of carbonyl (C=O) groups is 2. The number of carboxylic acid groups (broad SMARTS) is 1. The van der Waals surface area contributed by atoms with Gasteiger partial charge in [-0.2, -0.15) is 0 Å². The zero-order valence-electron chi connectivity index (χ0n) is 8.56. The standard InChI is InChI=1S/C9H13NO5/c1-3-15-9(14)7(6(2)11)4-10-5-8(12)13/h4,11H,3,5H2,1-2H3,(H,12,13)/b7-6-,10-4?. The van der Waals surface area contributed by atoms with Crippen molar-refractivity contribution in [2.24, 2.45) is 4.99 Å². The van der Waals surface area contributed by atoms with E-state index in [1.165, 1.54) is 6.92 Å². The van der Waals surface area contributed by atoms with Gasteiger partial charge in [-0.1, -0.05) is 0 Å². The first-order valence-electron chi connectivity index (χ1n) is 4.27. The van der Waals surface area contributed by atoms with Crippen LogP contribution in [0.15, 0.2) is 16.3 Å². The minimum Gasteiger partial charge on any atom is -0.512 e. The third kappa shape index (κ3) is 5.45. The highest BCUT2D eigenvalue weighted by molar-refractivity contribution is 6.10. The van der Waals surface area contributed by atoms with E-state index in [1.54, 1.807) is 6.92 Å². The summed E-state index contributed by atoms with van der Waals surface area (Å²) in [5.41, 5.74) is -0.141. The number of ether oxygens (including phenoxy) is 1. The summed E-state index contributed by atoms with van der Waals surface area (Å²) in [6, 6.07) is 0. The van der Waals surface area contributed by atoms with Crippen molar-refractivity contribution in [1.82, 2.24) is 0 Å². The fourth-order valence-corrected chi connectivity index (χ4v) is 0.718. The van der Waals surface area contributed by atoms with Crippen molar-refractivity contribution in [3.63, 3.8) is 0 Å². The van der Waals surface area contributed by atoms with E-state index >= 15 is 0 Å². The Hall–Kier alpha value is -1.85. The molecule has 0 fully saturated rings. The molecule has 0 rings (SSSR count). The van der Waals surface area contributed by atoms with Crippen molar-refractivity contribution in [1.29, 1.82) is 0 Å². The van der Waals surface area contributed by atoms with Crippen LogP contribution in [0.1, 0.15) is 13.8 Å². The molecule has 0 radical (unpaired) electrons. The Morgan fingerprint density at radius 1 is 1.40 bits per heavy atom. The second-order valence-corrected chi connectivity index (χ2v) is 2.58. The van der Waals surface area contributed by atoms with Crippen molar-refractivity contribution >= 4 is 18.2 Å². The minimum absolute atomic E-state index is 0.141. The Bertz CT molecular complexity index is 302. The van der Waals surface area contributed by atoms with Crippen LogP contribution in [0.4, 0.5) is 0 Å². The minimum atomic E-state index is -1.12. The van der Waals surface area contributed by atoms with Crippen molar-refractivity contribution < 1.29 is 24.5 Å². The van der Waals surface area contributed by atoms with E-state index in [4.69, 9.17) is 10.2 Å². The summed E-state index contributed by atoms with van der Waals surface area (Å²) < 4.78 is 4.63. The quantitative estimate of drug-likeness (QED) is 0.302. The molecule has 0 amide bonds. The van der Waals surface area contributed by atoms with Crippen LogP contribution in [0.5, 0.6) is 0 Å². The first kappa shape index (κ1) is 13.2. The van der Waals surface area contributed by atoms with E-state index in [-0.39, 0.29) is 17.9 Å². The number of nitrogens with zero attached hydrogens (tertiary/aromatic N) is 1. The van der Waals surface area contributed by atoms with Gasteiger partial charge in [0.15, 0.2) is 0 Å². The Labute approximate surface area is 86.9 Å².